The monoisotopic (exact) mass is 424 g/mol. The molecule has 162 valence electrons. The third-order valence-electron chi connectivity index (χ3n) is 5.08. The summed E-state index contributed by atoms with van der Waals surface area (Å²) >= 11 is 0. The van der Waals surface area contributed by atoms with E-state index in [0.29, 0.717) is 5.69 Å². The molecule has 2 aromatic heterocycles. The van der Waals surface area contributed by atoms with Crippen molar-refractivity contribution in [1.29, 1.82) is 0 Å². The fraction of sp³-hybridized carbons (Fsp3) is 0.348. The highest BCUT2D eigenvalue weighted by Gasteiger charge is 2.35. The highest BCUT2D eigenvalue weighted by molar-refractivity contribution is 5.83. The van der Waals surface area contributed by atoms with E-state index in [1.54, 1.807) is 34.1 Å². The van der Waals surface area contributed by atoms with Gasteiger partial charge in [-0.2, -0.15) is 5.10 Å². The number of fused-ring (bicyclic) bond motifs is 1. The SMILES string of the molecule is CC(C)(C)OC(=O)N1Cc2c(-c3ccncc3)c(-c3ccc(F)cc3)nn2[C@@H](CO)C1. The van der Waals surface area contributed by atoms with Crippen molar-refractivity contribution in [3.63, 3.8) is 0 Å². The van der Waals surface area contributed by atoms with Gasteiger partial charge in [-0.25, -0.2) is 9.18 Å². The second kappa shape index (κ2) is 8.11. The number of carbonyl (C=O) groups excluding carboxylic acids is 1. The second-order valence-electron chi connectivity index (χ2n) is 8.55. The zero-order chi connectivity index (χ0) is 22.2. The molecule has 1 amide bonds. The molecule has 0 radical (unpaired) electrons. The molecule has 7 nitrogen and oxygen atoms in total. The van der Waals surface area contributed by atoms with Gasteiger partial charge < -0.3 is 14.7 Å². The van der Waals surface area contributed by atoms with Gasteiger partial charge in [0.05, 0.1) is 24.9 Å². The van der Waals surface area contributed by atoms with Crippen LogP contribution in [-0.2, 0) is 11.3 Å². The van der Waals surface area contributed by atoms with Gasteiger partial charge in [-0.3, -0.25) is 9.67 Å². The number of nitrogens with zero attached hydrogens (tertiary/aromatic N) is 4. The summed E-state index contributed by atoms with van der Waals surface area (Å²) in [6.45, 7) is 5.82. The number of benzene rings is 1. The van der Waals surface area contributed by atoms with Gasteiger partial charge in [0.15, 0.2) is 0 Å². The van der Waals surface area contributed by atoms with Crippen LogP contribution in [0.3, 0.4) is 0 Å². The molecule has 31 heavy (non-hydrogen) atoms. The highest BCUT2D eigenvalue weighted by atomic mass is 19.1. The molecular formula is C23H25FN4O3. The molecule has 1 aliphatic heterocycles. The molecule has 0 saturated carbocycles. The molecule has 1 aromatic carbocycles. The molecule has 0 aliphatic carbocycles. The largest absolute Gasteiger partial charge is 0.444 e. The van der Waals surface area contributed by atoms with E-state index >= 15 is 0 Å². The number of pyridine rings is 1. The van der Waals surface area contributed by atoms with Crippen molar-refractivity contribution in [2.45, 2.75) is 39.0 Å². The molecular weight excluding hydrogens is 399 g/mol. The van der Waals surface area contributed by atoms with Crippen LogP contribution in [0, 0.1) is 5.82 Å². The molecule has 1 atom stereocenters. The summed E-state index contributed by atoms with van der Waals surface area (Å²) in [7, 11) is 0. The van der Waals surface area contributed by atoms with Crippen molar-refractivity contribution in [3.8, 4) is 22.4 Å². The van der Waals surface area contributed by atoms with Gasteiger partial charge in [0.1, 0.15) is 17.1 Å². The van der Waals surface area contributed by atoms with Crippen LogP contribution >= 0.6 is 0 Å². The Morgan fingerprint density at radius 3 is 2.45 bits per heavy atom. The fourth-order valence-electron chi connectivity index (χ4n) is 3.73. The second-order valence-corrected chi connectivity index (χ2v) is 8.55. The van der Waals surface area contributed by atoms with Gasteiger partial charge in [-0.15, -0.1) is 0 Å². The molecule has 0 bridgehead atoms. The Hall–Kier alpha value is -3.26. The predicted molar refractivity (Wildman–Crippen MR) is 114 cm³/mol. The van der Waals surface area contributed by atoms with Crippen molar-refractivity contribution < 1.29 is 19.0 Å². The van der Waals surface area contributed by atoms with Gasteiger partial charge >= 0.3 is 6.09 Å². The van der Waals surface area contributed by atoms with E-state index in [4.69, 9.17) is 9.84 Å². The lowest BCUT2D eigenvalue weighted by Crippen LogP contribution is -2.44. The van der Waals surface area contributed by atoms with Gasteiger partial charge in [0, 0.05) is 30.1 Å². The van der Waals surface area contributed by atoms with E-state index in [2.05, 4.69) is 4.98 Å². The first kappa shape index (κ1) is 21.0. The lowest BCUT2D eigenvalue weighted by atomic mass is 9.98. The summed E-state index contributed by atoms with van der Waals surface area (Å²) in [5.74, 6) is -0.331. The quantitative estimate of drug-likeness (QED) is 0.687. The summed E-state index contributed by atoms with van der Waals surface area (Å²) in [6.07, 6.45) is 2.93. The van der Waals surface area contributed by atoms with Crippen LogP contribution < -0.4 is 0 Å². The number of aliphatic hydroxyl groups is 1. The maximum Gasteiger partial charge on any atom is 0.410 e. The first-order valence-electron chi connectivity index (χ1n) is 10.1. The van der Waals surface area contributed by atoms with Gasteiger partial charge in [-0.1, -0.05) is 0 Å². The van der Waals surface area contributed by atoms with Crippen molar-refractivity contribution >= 4 is 6.09 Å². The molecule has 1 N–H and O–H groups in total. The summed E-state index contributed by atoms with van der Waals surface area (Å²) in [5.41, 5.74) is 3.25. The molecule has 3 aromatic rings. The van der Waals surface area contributed by atoms with Crippen LogP contribution in [0.4, 0.5) is 9.18 Å². The minimum Gasteiger partial charge on any atom is -0.444 e. The van der Waals surface area contributed by atoms with Crippen LogP contribution in [0.5, 0.6) is 0 Å². The number of amides is 1. The van der Waals surface area contributed by atoms with Crippen molar-refractivity contribution in [2.24, 2.45) is 0 Å². The Kier molecular flexibility index (Phi) is 5.49. The Labute approximate surface area is 180 Å². The molecule has 0 saturated heterocycles. The van der Waals surface area contributed by atoms with Crippen molar-refractivity contribution in [3.05, 3.63) is 60.3 Å². The molecule has 3 heterocycles. The Bertz CT molecular complexity index is 1070. The standard InChI is InChI=1S/C23H25FN4O3/c1-23(2,3)31-22(30)27-12-18(14-29)28-19(13-27)20(15-8-10-25-11-9-15)21(26-28)16-4-6-17(24)7-5-16/h4-11,18,29H,12-14H2,1-3H3/t18-/m1/s1. The number of carbonyl (C=O) groups is 1. The normalized spacial score (nSPS) is 16.2. The Morgan fingerprint density at radius 1 is 1.16 bits per heavy atom. The number of hydrogen-bond acceptors (Lipinski definition) is 5. The maximum atomic E-state index is 13.5. The third kappa shape index (κ3) is 4.29. The summed E-state index contributed by atoms with van der Waals surface area (Å²) < 4.78 is 20.9. The van der Waals surface area contributed by atoms with Crippen LogP contribution in [0.15, 0.2) is 48.8 Å². The summed E-state index contributed by atoms with van der Waals surface area (Å²) in [4.78, 5) is 18.5. The number of aromatic nitrogens is 3. The van der Waals surface area contributed by atoms with Crippen molar-refractivity contribution in [2.75, 3.05) is 13.2 Å². The highest BCUT2D eigenvalue weighted by Crippen LogP contribution is 2.38. The average molecular weight is 424 g/mol. The van der Waals surface area contributed by atoms with Gasteiger partial charge in [-0.05, 0) is 62.7 Å². The predicted octanol–water partition coefficient (Wildman–Crippen LogP) is 4.04. The van der Waals surface area contributed by atoms with Crippen LogP contribution in [0.1, 0.15) is 32.5 Å². The van der Waals surface area contributed by atoms with Crippen LogP contribution in [0.2, 0.25) is 0 Å². The summed E-state index contributed by atoms with van der Waals surface area (Å²) in [6, 6.07) is 9.44. The number of halogens is 1. The van der Waals surface area contributed by atoms with E-state index in [0.717, 1.165) is 22.4 Å². The maximum absolute atomic E-state index is 13.5. The lowest BCUT2D eigenvalue weighted by molar-refractivity contribution is 0.0129. The van der Waals surface area contributed by atoms with E-state index in [9.17, 15) is 14.3 Å². The average Bonchev–Trinajstić information content (AvgIpc) is 3.12. The number of ether oxygens (including phenoxy) is 1. The molecule has 0 fully saturated rings. The molecule has 0 spiro atoms. The minimum atomic E-state index is -0.628. The fourth-order valence-corrected chi connectivity index (χ4v) is 3.73. The topological polar surface area (TPSA) is 80.5 Å². The lowest BCUT2D eigenvalue weighted by Gasteiger charge is -2.34. The first-order valence-corrected chi connectivity index (χ1v) is 10.1. The molecule has 8 heteroatoms. The minimum absolute atomic E-state index is 0.188. The number of rotatable bonds is 3. The number of hydrogen-bond donors (Lipinski definition) is 1. The zero-order valence-electron chi connectivity index (χ0n) is 17.7. The third-order valence-corrected chi connectivity index (χ3v) is 5.08. The van der Waals surface area contributed by atoms with Crippen LogP contribution in [0.25, 0.3) is 22.4 Å². The molecule has 1 aliphatic rings. The summed E-state index contributed by atoms with van der Waals surface area (Å²) in [5, 5.41) is 14.8. The van der Waals surface area contributed by atoms with Gasteiger partial charge in [0.2, 0.25) is 0 Å². The van der Waals surface area contributed by atoms with E-state index < -0.39 is 17.7 Å². The number of aliphatic hydroxyl groups excluding tert-OH is 1. The zero-order valence-corrected chi connectivity index (χ0v) is 17.7. The molecule has 4 rings (SSSR count). The van der Waals surface area contributed by atoms with E-state index in [1.165, 1.54) is 12.1 Å². The smallest absolute Gasteiger partial charge is 0.410 e. The van der Waals surface area contributed by atoms with E-state index in [1.807, 2.05) is 32.9 Å². The van der Waals surface area contributed by atoms with Gasteiger partial charge in [0.25, 0.3) is 0 Å². The van der Waals surface area contributed by atoms with E-state index in [-0.39, 0.29) is 25.5 Å². The Balaban J connectivity index is 1.84. The molecule has 0 unspecified atom stereocenters. The van der Waals surface area contributed by atoms with Crippen LogP contribution in [-0.4, -0.2) is 49.6 Å². The Morgan fingerprint density at radius 2 is 1.84 bits per heavy atom. The first-order chi connectivity index (χ1) is 14.8. The van der Waals surface area contributed by atoms with Crippen molar-refractivity contribution in [1.82, 2.24) is 19.7 Å².